The molecule has 3 aromatic rings. The Hall–Kier alpha value is -2.66. The number of hydrogen-bond acceptors (Lipinski definition) is 7. The molecule has 0 aromatic heterocycles. The van der Waals surface area contributed by atoms with Gasteiger partial charge >= 0.3 is 10.1 Å². The Morgan fingerprint density at radius 1 is 0.885 bits per heavy atom. The molecule has 3 rings (SSSR count). The van der Waals surface area contributed by atoms with Crippen LogP contribution in [-0.2, 0) is 20.2 Å². The second-order valence-corrected chi connectivity index (χ2v) is 8.26. The molecule has 0 bridgehead atoms. The lowest BCUT2D eigenvalue weighted by atomic mass is 10.1. The number of hydrazine groups is 1. The first-order valence-electron chi connectivity index (χ1n) is 7.23. The van der Waals surface area contributed by atoms with Gasteiger partial charge in [0.2, 0.25) is 0 Å². The number of rotatable bonds is 5. The van der Waals surface area contributed by atoms with Gasteiger partial charge in [-0.3, -0.25) is 10.4 Å². The molecule has 8 nitrogen and oxygen atoms in total. The van der Waals surface area contributed by atoms with Gasteiger partial charge in [0.05, 0.1) is 16.0 Å². The number of anilines is 1. The second kappa shape index (κ2) is 6.57. The van der Waals surface area contributed by atoms with Crippen molar-refractivity contribution in [3.8, 4) is 5.75 Å². The van der Waals surface area contributed by atoms with Crippen LogP contribution in [0.5, 0.6) is 5.75 Å². The van der Waals surface area contributed by atoms with E-state index in [1.54, 1.807) is 18.2 Å². The summed E-state index contributed by atoms with van der Waals surface area (Å²) in [5, 5.41) is 0.566. The molecule has 4 N–H and O–H groups in total. The molecule has 0 spiro atoms. The summed E-state index contributed by atoms with van der Waals surface area (Å²) < 4.78 is 62.6. The maximum atomic E-state index is 12.5. The average molecular weight is 394 g/mol. The molecule has 3 aromatic carbocycles. The summed E-state index contributed by atoms with van der Waals surface area (Å²) in [6, 6.07) is 14.2. The largest absolute Gasteiger partial charge is 0.378 e. The predicted octanol–water partition coefficient (Wildman–Crippen LogP) is 2.14. The summed E-state index contributed by atoms with van der Waals surface area (Å²) in [7, 11) is -8.82. The Morgan fingerprint density at radius 3 is 2.19 bits per heavy atom. The molecule has 0 saturated carbocycles. The van der Waals surface area contributed by atoms with Gasteiger partial charge in [-0.25, -0.2) is 0 Å². The molecule has 0 aliphatic carbocycles. The van der Waals surface area contributed by atoms with Gasteiger partial charge in [-0.05, 0) is 29.7 Å². The van der Waals surface area contributed by atoms with Crippen molar-refractivity contribution in [3.63, 3.8) is 0 Å². The Balaban J connectivity index is 2.27. The lowest BCUT2D eigenvalue weighted by Gasteiger charge is -2.14. The molecular weight excluding hydrogens is 380 g/mol. The Morgan fingerprint density at radius 2 is 1.58 bits per heavy atom. The van der Waals surface area contributed by atoms with Crippen LogP contribution < -0.4 is 15.5 Å². The molecule has 26 heavy (non-hydrogen) atoms. The summed E-state index contributed by atoms with van der Waals surface area (Å²) in [6.07, 6.45) is 0. The summed E-state index contributed by atoms with van der Waals surface area (Å²) >= 11 is 0. The summed E-state index contributed by atoms with van der Waals surface area (Å²) in [5.41, 5.74) is 2.73. The Bertz CT molecular complexity index is 1180. The van der Waals surface area contributed by atoms with Crippen molar-refractivity contribution in [2.75, 3.05) is 5.43 Å². The van der Waals surface area contributed by atoms with E-state index in [4.69, 9.17) is 10.0 Å². The normalized spacial score (nSPS) is 12.1. The first kappa shape index (κ1) is 18.1. The molecule has 0 radical (unpaired) electrons. The molecule has 0 unspecified atom stereocenters. The van der Waals surface area contributed by atoms with E-state index in [2.05, 4.69) is 5.43 Å². The van der Waals surface area contributed by atoms with E-state index in [0.717, 1.165) is 6.07 Å². The molecule has 0 amide bonds. The highest BCUT2D eigenvalue weighted by atomic mass is 32.2. The molecule has 0 atom stereocenters. The van der Waals surface area contributed by atoms with Crippen LogP contribution in [0, 0.1) is 0 Å². The maximum absolute atomic E-state index is 12.5. The number of fused-ring (bicyclic) bond motifs is 1. The van der Waals surface area contributed by atoms with Gasteiger partial charge in [0.1, 0.15) is 4.90 Å². The van der Waals surface area contributed by atoms with Gasteiger partial charge in [-0.1, -0.05) is 30.3 Å². The third-order valence-electron chi connectivity index (χ3n) is 3.60. The number of hydrogen-bond donors (Lipinski definition) is 3. The average Bonchev–Trinajstić information content (AvgIpc) is 2.60. The zero-order chi connectivity index (χ0) is 18.9. The fraction of sp³-hybridized carbons (Fsp3) is 0. The summed E-state index contributed by atoms with van der Waals surface area (Å²) in [4.78, 5) is -0.610. The second-order valence-electron chi connectivity index (χ2n) is 5.30. The van der Waals surface area contributed by atoms with E-state index >= 15 is 0 Å². The smallest absolute Gasteiger partial charge is 0.339 e. The highest BCUT2D eigenvalue weighted by Crippen LogP contribution is 2.36. The summed E-state index contributed by atoms with van der Waals surface area (Å²) in [5.74, 6) is 5.18. The fourth-order valence-corrected chi connectivity index (χ4v) is 3.94. The van der Waals surface area contributed by atoms with Crippen LogP contribution in [0.25, 0.3) is 10.8 Å². The van der Waals surface area contributed by atoms with Crippen LogP contribution in [-0.4, -0.2) is 21.4 Å². The molecule has 136 valence electrons. The number of nitrogen functional groups attached to an aromatic ring is 1. The zero-order valence-corrected chi connectivity index (χ0v) is 14.8. The van der Waals surface area contributed by atoms with Crippen molar-refractivity contribution >= 4 is 36.7 Å². The molecule has 0 heterocycles. The molecule has 10 heteroatoms. The van der Waals surface area contributed by atoms with Gasteiger partial charge in [0.25, 0.3) is 10.1 Å². The number of benzene rings is 3. The maximum Gasteiger partial charge on any atom is 0.339 e. The molecule has 0 saturated heterocycles. The van der Waals surface area contributed by atoms with Crippen molar-refractivity contribution in [1.82, 2.24) is 0 Å². The Kier molecular flexibility index (Phi) is 4.59. The highest BCUT2D eigenvalue weighted by molar-refractivity contribution is 7.87. The highest BCUT2D eigenvalue weighted by Gasteiger charge is 2.22. The molecule has 0 aliphatic rings. The van der Waals surface area contributed by atoms with Gasteiger partial charge in [-0.2, -0.15) is 16.8 Å². The third kappa shape index (κ3) is 3.48. The first-order chi connectivity index (χ1) is 12.2. The van der Waals surface area contributed by atoms with Crippen LogP contribution in [0.4, 0.5) is 5.69 Å². The van der Waals surface area contributed by atoms with Crippen molar-refractivity contribution in [3.05, 3.63) is 60.7 Å². The SMILES string of the molecule is NNc1cccc2cc(S(=O)(=O)O)cc(OS(=O)(=O)c3ccccc3)c12. The van der Waals surface area contributed by atoms with Crippen LogP contribution in [0.1, 0.15) is 0 Å². The zero-order valence-electron chi connectivity index (χ0n) is 13.2. The standard InChI is InChI=1S/C16H14N2O6S2/c17-18-14-8-4-5-11-9-13(25(19,20)21)10-15(16(11)14)24-26(22,23)12-6-2-1-3-7-12/h1-10,18H,17H2,(H,19,20,21). The van der Waals surface area contributed by atoms with Crippen molar-refractivity contribution in [1.29, 1.82) is 0 Å². The van der Waals surface area contributed by atoms with E-state index in [1.165, 1.54) is 36.4 Å². The predicted molar refractivity (Wildman–Crippen MR) is 95.8 cm³/mol. The minimum Gasteiger partial charge on any atom is -0.378 e. The van der Waals surface area contributed by atoms with Crippen molar-refractivity contribution in [2.45, 2.75) is 9.79 Å². The minimum atomic E-state index is -4.58. The first-order valence-corrected chi connectivity index (χ1v) is 10.1. The van der Waals surface area contributed by atoms with Gasteiger partial charge in [0, 0.05) is 6.07 Å². The van der Waals surface area contributed by atoms with Gasteiger partial charge in [-0.15, -0.1) is 0 Å². The number of nitrogens with one attached hydrogen (secondary N) is 1. The monoisotopic (exact) mass is 394 g/mol. The lowest BCUT2D eigenvalue weighted by Crippen LogP contribution is -2.12. The molecule has 0 fully saturated rings. The van der Waals surface area contributed by atoms with E-state index in [9.17, 15) is 21.4 Å². The van der Waals surface area contributed by atoms with Crippen molar-refractivity contribution < 1.29 is 25.6 Å². The van der Waals surface area contributed by atoms with E-state index in [-0.39, 0.29) is 16.0 Å². The van der Waals surface area contributed by atoms with Gasteiger partial charge in [0.15, 0.2) is 5.75 Å². The Labute approximate surface area is 150 Å². The van der Waals surface area contributed by atoms with Crippen LogP contribution >= 0.6 is 0 Å². The fourth-order valence-electron chi connectivity index (χ4n) is 2.45. The lowest BCUT2D eigenvalue weighted by molar-refractivity contribution is 0.477. The van der Waals surface area contributed by atoms with Crippen LogP contribution in [0.2, 0.25) is 0 Å². The van der Waals surface area contributed by atoms with E-state index < -0.39 is 25.1 Å². The minimum absolute atomic E-state index is 0.108. The van der Waals surface area contributed by atoms with E-state index in [1.807, 2.05) is 0 Å². The molecular formula is C16H14N2O6S2. The number of nitrogens with two attached hydrogens (primary N) is 1. The van der Waals surface area contributed by atoms with E-state index in [0.29, 0.717) is 11.1 Å². The topological polar surface area (TPSA) is 136 Å². The third-order valence-corrected chi connectivity index (χ3v) is 5.68. The van der Waals surface area contributed by atoms with Crippen LogP contribution in [0.3, 0.4) is 0 Å². The van der Waals surface area contributed by atoms with Gasteiger partial charge < -0.3 is 9.61 Å². The summed E-state index contributed by atoms with van der Waals surface area (Å²) in [6.45, 7) is 0. The van der Waals surface area contributed by atoms with Crippen LogP contribution in [0.15, 0.2) is 70.5 Å². The molecule has 0 aliphatic heterocycles. The quantitative estimate of drug-likeness (QED) is 0.259. The van der Waals surface area contributed by atoms with Crippen molar-refractivity contribution in [2.24, 2.45) is 5.84 Å².